The molecule has 0 radical (unpaired) electrons. The summed E-state index contributed by atoms with van der Waals surface area (Å²) in [5.41, 5.74) is 1.78. The van der Waals surface area contributed by atoms with E-state index in [1.54, 1.807) is 0 Å². The Kier molecular flexibility index (Phi) is 4.98. The molecule has 1 fully saturated rings. The van der Waals surface area contributed by atoms with Crippen LogP contribution in [0.15, 0.2) is 30.5 Å². The highest BCUT2D eigenvalue weighted by atomic mass is 16.5. The number of hydrogen-bond acceptors (Lipinski definition) is 3. The number of aromatic amines is 1. The first-order valence-corrected chi connectivity index (χ1v) is 8.26. The highest BCUT2D eigenvalue weighted by molar-refractivity contribution is 6.06. The van der Waals surface area contributed by atoms with Gasteiger partial charge in [0.1, 0.15) is 0 Å². The molecule has 3 rings (SSSR count). The molecule has 1 aromatic carbocycles. The van der Waals surface area contributed by atoms with E-state index in [-0.39, 0.29) is 11.9 Å². The number of carbonyl (C=O) groups is 1. The van der Waals surface area contributed by atoms with Gasteiger partial charge in [0, 0.05) is 49.4 Å². The summed E-state index contributed by atoms with van der Waals surface area (Å²) < 4.78 is 5.46. The molecule has 1 saturated heterocycles. The number of benzene rings is 1. The zero-order chi connectivity index (χ0) is 16.2. The molecule has 1 aromatic heterocycles. The summed E-state index contributed by atoms with van der Waals surface area (Å²) in [6.45, 7) is 3.09. The highest BCUT2D eigenvalue weighted by Gasteiger charge is 2.27. The minimum atomic E-state index is 0.121. The van der Waals surface area contributed by atoms with Crippen LogP contribution in [0.3, 0.4) is 0 Å². The summed E-state index contributed by atoms with van der Waals surface area (Å²) in [6, 6.07) is 8.24. The van der Waals surface area contributed by atoms with E-state index < -0.39 is 0 Å². The highest BCUT2D eigenvalue weighted by Crippen LogP contribution is 2.23. The molecular weight excluding hydrogens is 290 g/mol. The van der Waals surface area contributed by atoms with Gasteiger partial charge < -0.3 is 19.5 Å². The van der Waals surface area contributed by atoms with E-state index in [4.69, 9.17) is 4.74 Å². The number of para-hydroxylation sites is 1. The first-order chi connectivity index (χ1) is 11.2. The van der Waals surface area contributed by atoms with Crippen molar-refractivity contribution in [2.75, 3.05) is 40.4 Å². The van der Waals surface area contributed by atoms with E-state index in [9.17, 15) is 4.79 Å². The van der Waals surface area contributed by atoms with Crippen LogP contribution in [-0.2, 0) is 4.74 Å². The molecule has 0 atom stereocenters. The van der Waals surface area contributed by atoms with Crippen LogP contribution in [-0.4, -0.2) is 67.1 Å². The van der Waals surface area contributed by atoms with Crippen molar-refractivity contribution < 1.29 is 9.53 Å². The molecular formula is C18H25N3O2. The zero-order valence-corrected chi connectivity index (χ0v) is 13.9. The third-order valence-electron chi connectivity index (χ3n) is 4.50. The number of H-pyrrole nitrogens is 1. The van der Waals surface area contributed by atoms with Crippen molar-refractivity contribution in [1.29, 1.82) is 0 Å². The van der Waals surface area contributed by atoms with Crippen LogP contribution in [0.5, 0.6) is 0 Å². The van der Waals surface area contributed by atoms with Gasteiger partial charge in [-0.05, 0) is 33.0 Å². The summed E-state index contributed by atoms with van der Waals surface area (Å²) in [5.74, 6) is 0.121. The molecule has 1 aliphatic heterocycles. The predicted octanol–water partition coefficient (Wildman–Crippen LogP) is 2.35. The van der Waals surface area contributed by atoms with Crippen molar-refractivity contribution in [1.82, 2.24) is 14.8 Å². The number of aromatic nitrogens is 1. The van der Waals surface area contributed by atoms with Gasteiger partial charge in [0.2, 0.25) is 0 Å². The molecule has 0 aliphatic carbocycles. The van der Waals surface area contributed by atoms with Gasteiger partial charge in [-0.25, -0.2) is 0 Å². The van der Waals surface area contributed by atoms with E-state index in [2.05, 4.69) is 9.88 Å². The lowest BCUT2D eigenvalue weighted by Crippen LogP contribution is -2.46. The Morgan fingerprint density at radius 1 is 1.22 bits per heavy atom. The predicted molar refractivity (Wildman–Crippen MR) is 91.7 cm³/mol. The van der Waals surface area contributed by atoms with Crippen molar-refractivity contribution in [3.05, 3.63) is 36.0 Å². The van der Waals surface area contributed by atoms with Crippen molar-refractivity contribution in [3.63, 3.8) is 0 Å². The zero-order valence-electron chi connectivity index (χ0n) is 13.9. The Labute approximate surface area is 137 Å². The Morgan fingerprint density at radius 3 is 2.70 bits per heavy atom. The lowest BCUT2D eigenvalue weighted by atomic mass is 10.0. The van der Waals surface area contributed by atoms with E-state index in [0.29, 0.717) is 0 Å². The molecule has 0 bridgehead atoms. The molecule has 1 aliphatic rings. The number of nitrogens with one attached hydrogen (secondary N) is 1. The SMILES string of the molecule is CN(C)CCN(C(=O)c1c[nH]c2ccccc12)C1CCOCC1. The fraction of sp³-hybridized carbons (Fsp3) is 0.500. The average Bonchev–Trinajstić information content (AvgIpc) is 2.99. The molecule has 5 heteroatoms. The number of carbonyl (C=O) groups excluding carboxylic acids is 1. The minimum absolute atomic E-state index is 0.121. The summed E-state index contributed by atoms with van der Waals surface area (Å²) in [4.78, 5) is 20.5. The molecule has 124 valence electrons. The van der Waals surface area contributed by atoms with Crippen molar-refractivity contribution in [3.8, 4) is 0 Å². The van der Waals surface area contributed by atoms with Gasteiger partial charge in [0.05, 0.1) is 5.56 Å². The van der Waals surface area contributed by atoms with Crippen LogP contribution in [0.4, 0.5) is 0 Å². The van der Waals surface area contributed by atoms with Gasteiger partial charge in [-0.3, -0.25) is 4.79 Å². The van der Waals surface area contributed by atoms with Gasteiger partial charge in [-0.1, -0.05) is 18.2 Å². The monoisotopic (exact) mass is 315 g/mol. The Hall–Kier alpha value is -1.85. The smallest absolute Gasteiger partial charge is 0.256 e. The summed E-state index contributed by atoms with van der Waals surface area (Å²) in [6.07, 6.45) is 3.68. The lowest BCUT2D eigenvalue weighted by molar-refractivity contribution is 0.0277. The van der Waals surface area contributed by atoms with Crippen molar-refractivity contribution >= 4 is 16.8 Å². The molecule has 2 aromatic rings. The average molecular weight is 315 g/mol. The third-order valence-corrected chi connectivity index (χ3v) is 4.50. The van der Waals surface area contributed by atoms with Crippen LogP contribution in [0.25, 0.3) is 10.9 Å². The number of amides is 1. The molecule has 1 amide bonds. The van der Waals surface area contributed by atoms with Gasteiger partial charge in [-0.2, -0.15) is 0 Å². The Morgan fingerprint density at radius 2 is 1.96 bits per heavy atom. The molecule has 2 heterocycles. The summed E-state index contributed by atoms with van der Waals surface area (Å²) >= 11 is 0. The van der Waals surface area contributed by atoms with E-state index in [1.165, 1.54) is 0 Å². The van der Waals surface area contributed by atoms with Gasteiger partial charge >= 0.3 is 0 Å². The van der Waals surface area contributed by atoms with Crippen molar-refractivity contribution in [2.24, 2.45) is 0 Å². The number of ether oxygens (including phenoxy) is 1. The second kappa shape index (κ2) is 7.15. The molecule has 0 unspecified atom stereocenters. The van der Waals surface area contributed by atoms with Gasteiger partial charge in [0.25, 0.3) is 5.91 Å². The van der Waals surface area contributed by atoms with E-state index in [1.807, 2.05) is 49.5 Å². The molecule has 1 N–H and O–H groups in total. The molecule has 0 saturated carbocycles. The lowest BCUT2D eigenvalue weighted by Gasteiger charge is -2.35. The third kappa shape index (κ3) is 3.57. The van der Waals surface area contributed by atoms with Crippen LogP contribution >= 0.6 is 0 Å². The van der Waals surface area contributed by atoms with Crippen molar-refractivity contribution in [2.45, 2.75) is 18.9 Å². The maximum Gasteiger partial charge on any atom is 0.256 e. The molecule has 23 heavy (non-hydrogen) atoms. The Bertz CT molecular complexity index is 659. The second-order valence-electron chi connectivity index (χ2n) is 6.39. The number of nitrogens with zero attached hydrogens (tertiary/aromatic N) is 2. The molecule has 5 nitrogen and oxygen atoms in total. The maximum absolute atomic E-state index is 13.2. The summed E-state index contributed by atoms with van der Waals surface area (Å²) in [5, 5.41) is 0.999. The van der Waals surface area contributed by atoms with Crippen LogP contribution < -0.4 is 0 Å². The molecule has 0 spiro atoms. The number of hydrogen-bond donors (Lipinski definition) is 1. The normalized spacial score (nSPS) is 16.1. The number of fused-ring (bicyclic) bond motifs is 1. The van der Waals surface area contributed by atoms with E-state index in [0.717, 1.165) is 55.6 Å². The Balaban J connectivity index is 1.86. The van der Waals surface area contributed by atoms with Crippen LogP contribution in [0.1, 0.15) is 23.2 Å². The number of rotatable bonds is 5. The fourth-order valence-corrected chi connectivity index (χ4v) is 3.16. The fourth-order valence-electron chi connectivity index (χ4n) is 3.16. The van der Waals surface area contributed by atoms with Crippen LogP contribution in [0, 0.1) is 0 Å². The number of likely N-dealkylation sites (N-methyl/N-ethyl adjacent to an activating group) is 1. The first-order valence-electron chi connectivity index (χ1n) is 8.26. The van der Waals surface area contributed by atoms with Gasteiger partial charge in [0.15, 0.2) is 0 Å². The standard InChI is InChI=1S/C18H25N3O2/c1-20(2)9-10-21(14-7-11-23-12-8-14)18(22)16-13-19-17-6-4-3-5-15(16)17/h3-6,13-14,19H,7-12H2,1-2H3. The topological polar surface area (TPSA) is 48.6 Å². The van der Waals surface area contributed by atoms with Crippen LogP contribution in [0.2, 0.25) is 0 Å². The second-order valence-corrected chi connectivity index (χ2v) is 6.39. The summed E-state index contributed by atoms with van der Waals surface area (Å²) in [7, 11) is 4.08. The minimum Gasteiger partial charge on any atom is -0.381 e. The largest absolute Gasteiger partial charge is 0.381 e. The van der Waals surface area contributed by atoms with E-state index >= 15 is 0 Å². The van der Waals surface area contributed by atoms with Gasteiger partial charge in [-0.15, -0.1) is 0 Å². The maximum atomic E-state index is 13.2. The first kappa shape index (κ1) is 16.0. The quantitative estimate of drug-likeness (QED) is 0.921.